The van der Waals surface area contributed by atoms with Gasteiger partial charge in [0.25, 0.3) is 0 Å². The summed E-state index contributed by atoms with van der Waals surface area (Å²) in [6.45, 7) is 3.45. The van der Waals surface area contributed by atoms with Gasteiger partial charge in [0.2, 0.25) is 0 Å². The molecule has 0 saturated heterocycles. The fourth-order valence-electron chi connectivity index (χ4n) is 3.89. The Hall–Kier alpha value is -2.58. The third kappa shape index (κ3) is 6.16. The van der Waals surface area contributed by atoms with Crippen LogP contribution in [0.1, 0.15) is 37.7 Å². The lowest BCUT2D eigenvalue weighted by Gasteiger charge is -2.40. The summed E-state index contributed by atoms with van der Waals surface area (Å²) >= 11 is 0. The van der Waals surface area contributed by atoms with E-state index in [0.717, 1.165) is 36.6 Å². The highest BCUT2D eigenvalue weighted by molar-refractivity contribution is 7.96. The van der Waals surface area contributed by atoms with Gasteiger partial charge in [-0.2, -0.15) is 13.2 Å². The third-order valence-corrected chi connectivity index (χ3v) is 9.35. The monoisotopic (exact) mass is 542 g/mol. The predicted octanol–water partition coefficient (Wildman–Crippen LogP) is 4.43. The molecule has 0 amide bonds. The maximum Gasteiger partial charge on any atom is 0.511 e. The highest BCUT2D eigenvalue weighted by Gasteiger charge is 2.52. The largest absolute Gasteiger partial charge is 0.511 e. The van der Waals surface area contributed by atoms with E-state index in [4.69, 9.17) is 5.21 Å². The number of oxime groups is 1. The second-order valence-corrected chi connectivity index (χ2v) is 11.7. The van der Waals surface area contributed by atoms with Gasteiger partial charge in [0, 0.05) is 24.2 Å². The van der Waals surface area contributed by atoms with Crippen LogP contribution in [0.2, 0.25) is 0 Å². The number of rotatable bonds is 9. The molecular formula is C21H23F5N2O5S2. The van der Waals surface area contributed by atoms with Crippen molar-refractivity contribution in [2.75, 3.05) is 0 Å². The fraction of sp³-hybridized carbons (Fsp3) is 0.381. The quantitative estimate of drug-likeness (QED) is 0.158. The van der Waals surface area contributed by atoms with Crippen LogP contribution in [-0.2, 0) is 24.6 Å². The minimum absolute atomic E-state index is 0.0309. The molecule has 2 rings (SSSR count). The number of sulfonamides is 1. The van der Waals surface area contributed by atoms with Gasteiger partial charge in [-0.05, 0) is 56.0 Å². The summed E-state index contributed by atoms with van der Waals surface area (Å²) in [5.74, 6) is -1.97. The van der Waals surface area contributed by atoms with E-state index in [2.05, 4.69) is 11.7 Å². The molecule has 0 aliphatic heterocycles. The molecule has 1 aliphatic carbocycles. The second kappa shape index (κ2) is 11.0. The Kier molecular flexibility index (Phi) is 9.00. The number of hydrogen-bond acceptors (Lipinski definition) is 6. The van der Waals surface area contributed by atoms with Gasteiger partial charge in [-0.3, -0.25) is 0 Å². The molecule has 0 bridgehead atoms. The minimum atomic E-state index is -5.69. The van der Waals surface area contributed by atoms with Gasteiger partial charge in [0.15, 0.2) is 9.84 Å². The van der Waals surface area contributed by atoms with Crippen LogP contribution in [0.25, 0.3) is 0 Å². The summed E-state index contributed by atoms with van der Waals surface area (Å²) in [6, 6.07) is 0.965. The Balaban J connectivity index is 2.57. The normalized spacial score (nSPS) is 22.7. The molecule has 0 aromatic heterocycles. The molecule has 35 heavy (non-hydrogen) atoms. The van der Waals surface area contributed by atoms with Gasteiger partial charge in [0.05, 0.1) is 4.91 Å². The van der Waals surface area contributed by atoms with Crippen LogP contribution in [0.4, 0.5) is 22.0 Å². The summed E-state index contributed by atoms with van der Waals surface area (Å²) in [5, 5.41) is 11.3. The fourth-order valence-corrected chi connectivity index (χ4v) is 6.92. The first-order valence-corrected chi connectivity index (χ1v) is 13.1. The molecular weight excluding hydrogens is 519 g/mol. The average Bonchev–Trinajstić information content (AvgIpc) is 2.77. The molecule has 0 atom stereocenters. The van der Waals surface area contributed by atoms with Gasteiger partial charge < -0.3 is 5.21 Å². The Bertz CT molecular complexity index is 1230. The lowest BCUT2D eigenvalue weighted by atomic mass is 9.80. The van der Waals surface area contributed by atoms with Gasteiger partial charge in [0.1, 0.15) is 16.4 Å². The lowest BCUT2D eigenvalue weighted by molar-refractivity contribution is -0.0452. The van der Waals surface area contributed by atoms with Crippen LogP contribution in [0.5, 0.6) is 0 Å². The van der Waals surface area contributed by atoms with Gasteiger partial charge in [-0.15, -0.1) is 5.16 Å². The molecule has 2 N–H and O–H groups in total. The van der Waals surface area contributed by atoms with E-state index in [-0.39, 0.29) is 11.3 Å². The van der Waals surface area contributed by atoms with Crippen LogP contribution in [0, 0.1) is 11.6 Å². The molecule has 0 unspecified atom stereocenters. The average molecular weight is 543 g/mol. The zero-order valence-electron chi connectivity index (χ0n) is 18.2. The first-order chi connectivity index (χ1) is 16.2. The number of nitrogens with zero attached hydrogens (tertiary/aromatic N) is 1. The molecule has 1 aromatic rings. The number of hydrogen-bond donors (Lipinski definition) is 2. The Morgan fingerprint density at radius 2 is 1.83 bits per heavy atom. The highest BCUT2D eigenvalue weighted by atomic mass is 32.2. The number of alkyl halides is 3. The topological polar surface area (TPSA) is 113 Å². The van der Waals surface area contributed by atoms with E-state index >= 15 is 0 Å². The van der Waals surface area contributed by atoms with E-state index in [1.54, 1.807) is 0 Å². The molecule has 1 aliphatic rings. The van der Waals surface area contributed by atoms with Crippen LogP contribution in [-0.4, -0.2) is 39.8 Å². The summed E-state index contributed by atoms with van der Waals surface area (Å²) < 4.78 is 117. The zero-order chi connectivity index (χ0) is 26.5. The van der Waals surface area contributed by atoms with Gasteiger partial charge in [-0.25, -0.2) is 30.3 Å². The maximum absolute atomic E-state index is 14.9. The van der Waals surface area contributed by atoms with Crippen molar-refractivity contribution in [3.63, 3.8) is 0 Å². The Morgan fingerprint density at radius 1 is 1.20 bits per heavy atom. The lowest BCUT2D eigenvalue weighted by Crippen LogP contribution is -2.48. The zero-order valence-corrected chi connectivity index (χ0v) is 19.8. The van der Waals surface area contributed by atoms with Crippen molar-refractivity contribution in [3.05, 3.63) is 71.2 Å². The van der Waals surface area contributed by atoms with E-state index in [0.29, 0.717) is 6.07 Å². The van der Waals surface area contributed by atoms with Crippen molar-refractivity contribution in [2.24, 2.45) is 5.16 Å². The van der Waals surface area contributed by atoms with Crippen LogP contribution >= 0.6 is 0 Å². The summed E-state index contributed by atoms with van der Waals surface area (Å²) in [7, 11) is -10.2. The number of nitrogens with one attached hydrogen (secondary N) is 1. The van der Waals surface area contributed by atoms with Gasteiger partial charge in [-0.1, -0.05) is 18.7 Å². The molecule has 1 aromatic carbocycles. The number of sulfone groups is 1. The van der Waals surface area contributed by atoms with E-state index < -0.39 is 79.0 Å². The molecule has 0 heterocycles. The second-order valence-electron chi connectivity index (χ2n) is 7.70. The number of halogens is 5. The first kappa shape index (κ1) is 28.7. The van der Waals surface area contributed by atoms with Crippen molar-refractivity contribution in [2.45, 2.75) is 48.4 Å². The maximum atomic E-state index is 14.9. The predicted molar refractivity (Wildman–Crippen MR) is 120 cm³/mol. The first-order valence-electron chi connectivity index (χ1n) is 10.2. The van der Waals surface area contributed by atoms with E-state index in [1.807, 2.05) is 0 Å². The smallest absolute Gasteiger partial charge is 0.411 e. The van der Waals surface area contributed by atoms with Crippen molar-refractivity contribution in [1.82, 2.24) is 4.72 Å². The molecule has 7 nitrogen and oxygen atoms in total. The molecule has 14 heteroatoms. The molecule has 1 saturated carbocycles. The van der Waals surface area contributed by atoms with Gasteiger partial charge >= 0.3 is 15.5 Å². The minimum Gasteiger partial charge on any atom is -0.411 e. The number of benzene rings is 1. The standard InChI is InChI=1S/C21H23F5N2O5S2/c1-2-5-17(6-3-4-13-27-29)34(30,31)20(18-14-15(22)7-8-19(18)23)11-9-16(10-12-20)28-35(32,33)21(24,25)26/h2-3,5-8,13-14,16,28-29H,1,4,9-12H2/b6-3-,17-5+,27-13+. The van der Waals surface area contributed by atoms with Crippen molar-refractivity contribution >= 4 is 26.1 Å². The van der Waals surface area contributed by atoms with E-state index in [9.17, 15) is 38.8 Å². The molecule has 194 valence electrons. The molecule has 1 fully saturated rings. The SMILES string of the molecule is C=C/C=C(\C=C/C/C=N/O)S(=O)(=O)C1(c2cc(F)ccc2F)CCC(NS(=O)(=O)C(F)(F)F)CC1. The third-order valence-electron chi connectivity index (χ3n) is 5.55. The van der Waals surface area contributed by atoms with Crippen LogP contribution in [0.3, 0.4) is 0 Å². The summed E-state index contributed by atoms with van der Waals surface area (Å²) in [5.41, 5.74) is -6.08. The van der Waals surface area contributed by atoms with E-state index in [1.165, 1.54) is 10.8 Å². The van der Waals surface area contributed by atoms with Crippen LogP contribution in [0.15, 0.2) is 59.1 Å². The van der Waals surface area contributed by atoms with Crippen molar-refractivity contribution in [3.8, 4) is 0 Å². The van der Waals surface area contributed by atoms with Crippen LogP contribution < -0.4 is 4.72 Å². The number of allylic oxidation sites excluding steroid dienone is 4. The van der Waals surface area contributed by atoms with Crippen molar-refractivity contribution in [1.29, 1.82) is 0 Å². The molecule has 0 spiro atoms. The van der Waals surface area contributed by atoms with Crippen molar-refractivity contribution < 1.29 is 44.0 Å². The Labute approximate surface area is 199 Å². The summed E-state index contributed by atoms with van der Waals surface area (Å²) in [6.07, 6.45) is 4.04. The highest BCUT2D eigenvalue weighted by Crippen LogP contribution is 2.48. The molecule has 0 radical (unpaired) electrons. The summed E-state index contributed by atoms with van der Waals surface area (Å²) in [4.78, 5) is -0.350. The Morgan fingerprint density at radius 3 is 2.37 bits per heavy atom.